The molecule has 0 aromatic heterocycles. The molecule has 0 aliphatic carbocycles. The third-order valence-corrected chi connectivity index (χ3v) is 4.67. The molecule has 0 saturated heterocycles. The summed E-state index contributed by atoms with van der Waals surface area (Å²) in [5.74, 6) is 5.52. The van der Waals surface area contributed by atoms with Crippen molar-refractivity contribution < 1.29 is 13.5 Å². The second-order valence-electron chi connectivity index (χ2n) is 4.81. The van der Waals surface area contributed by atoms with Gasteiger partial charge in [-0.05, 0) is 30.5 Å². The summed E-state index contributed by atoms with van der Waals surface area (Å²) in [6.45, 7) is 5.95. The van der Waals surface area contributed by atoms with Gasteiger partial charge in [-0.3, -0.25) is 0 Å². The second-order valence-corrected chi connectivity index (χ2v) is 6.54. The summed E-state index contributed by atoms with van der Waals surface area (Å²) >= 11 is 0. The molecule has 1 aromatic rings. The summed E-state index contributed by atoms with van der Waals surface area (Å²) in [6, 6.07) is 5.00. The standard InChI is InChI=1S/C15H21NO3S/c1-4-12(2)11-16-20(18,19)15-10-14(6-5-9-17)8-7-13(15)3/h7-8,10,12,16-17H,4,9,11H2,1-3H3. The number of nitrogens with one attached hydrogen (secondary N) is 1. The molecule has 0 amide bonds. The maximum absolute atomic E-state index is 12.3. The maximum atomic E-state index is 12.3. The molecule has 0 saturated carbocycles. The highest BCUT2D eigenvalue weighted by Gasteiger charge is 2.17. The fraction of sp³-hybridized carbons (Fsp3) is 0.467. The monoisotopic (exact) mass is 295 g/mol. The highest BCUT2D eigenvalue weighted by atomic mass is 32.2. The zero-order chi connectivity index (χ0) is 15.2. The summed E-state index contributed by atoms with van der Waals surface area (Å²) in [7, 11) is -3.52. The lowest BCUT2D eigenvalue weighted by molar-refractivity contribution is 0.350. The van der Waals surface area contributed by atoms with Gasteiger partial charge in [0.2, 0.25) is 10.0 Å². The number of rotatable bonds is 5. The Hall–Kier alpha value is -1.35. The number of sulfonamides is 1. The molecule has 1 rings (SSSR count). The summed E-state index contributed by atoms with van der Waals surface area (Å²) in [6.07, 6.45) is 0.920. The zero-order valence-corrected chi connectivity index (χ0v) is 12.9. The summed E-state index contributed by atoms with van der Waals surface area (Å²) < 4.78 is 27.2. The minimum absolute atomic E-state index is 0.241. The van der Waals surface area contributed by atoms with E-state index >= 15 is 0 Å². The van der Waals surface area contributed by atoms with Crippen LogP contribution in [-0.2, 0) is 10.0 Å². The average Bonchev–Trinajstić information content (AvgIpc) is 2.43. The van der Waals surface area contributed by atoms with Crippen LogP contribution in [0.25, 0.3) is 0 Å². The van der Waals surface area contributed by atoms with Gasteiger partial charge in [0, 0.05) is 12.1 Å². The topological polar surface area (TPSA) is 66.4 Å². The van der Waals surface area contributed by atoms with Gasteiger partial charge in [-0.1, -0.05) is 38.2 Å². The van der Waals surface area contributed by atoms with Crippen molar-refractivity contribution in [1.29, 1.82) is 0 Å². The number of aryl methyl sites for hydroxylation is 1. The van der Waals surface area contributed by atoms with Crippen LogP contribution in [0.2, 0.25) is 0 Å². The van der Waals surface area contributed by atoms with Crippen molar-refractivity contribution in [2.24, 2.45) is 5.92 Å². The Morgan fingerprint density at radius 2 is 2.10 bits per heavy atom. The molecule has 5 heteroatoms. The second kappa shape index (κ2) is 7.44. The van der Waals surface area contributed by atoms with E-state index in [9.17, 15) is 8.42 Å². The van der Waals surface area contributed by atoms with E-state index in [1.54, 1.807) is 19.1 Å². The molecule has 0 bridgehead atoms. The van der Waals surface area contributed by atoms with E-state index in [1.165, 1.54) is 6.07 Å². The van der Waals surface area contributed by atoms with Gasteiger partial charge in [0.05, 0.1) is 4.90 Å². The Morgan fingerprint density at radius 1 is 1.40 bits per heavy atom. The molecular weight excluding hydrogens is 274 g/mol. The van der Waals surface area contributed by atoms with Crippen LogP contribution in [0.5, 0.6) is 0 Å². The van der Waals surface area contributed by atoms with Crippen molar-refractivity contribution in [3.63, 3.8) is 0 Å². The Morgan fingerprint density at radius 3 is 2.70 bits per heavy atom. The lowest BCUT2D eigenvalue weighted by Gasteiger charge is -2.12. The van der Waals surface area contributed by atoms with Crippen LogP contribution in [0.1, 0.15) is 31.4 Å². The van der Waals surface area contributed by atoms with E-state index < -0.39 is 10.0 Å². The number of aliphatic hydroxyl groups excluding tert-OH is 1. The molecule has 0 aliphatic heterocycles. The Kier molecular flexibility index (Phi) is 6.21. The fourth-order valence-electron chi connectivity index (χ4n) is 1.58. The molecular formula is C15H21NO3S. The van der Waals surface area contributed by atoms with Crippen molar-refractivity contribution in [3.05, 3.63) is 29.3 Å². The first-order valence-corrected chi connectivity index (χ1v) is 8.09. The third-order valence-electron chi connectivity index (χ3n) is 3.11. The van der Waals surface area contributed by atoms with Crippen molar-refractivity contribution in [3.8, 4) is 11.8 Å². The van der Waals surface area contributed by atoms with E-state index in [4.69, 9.17) is 5.11 Å². The first-order chi connectivity index (χ1) is 9.40. The minimum atomic E-state index is -3.52. The van der Waals surface area contributed by atoms with Crippen molar-refractivity contribution >= 4 is 10.0 Å². The normalized spacial score (nSPS) is 12.6. The smallest absolute Gasteiger partial charge is 0.240 e. The van der Waals surface area contributed by atoms with Crippen LogP contribution in [0.3, 0.4) is 0 Å². The molecule has 0 spiro atoms. The number of aliphatic hydroxyl groups is 1. The fourth-order valence-corrected chi connectivity index (χ4v) is 3.02. The SMILES string of the molecule is CCC(C)CNS(=O)(=O)c1cc(C#CCO)ccc1C. The predicted octanol–water partition coefficient (Wildman–Crippen LogP) is 1.66. The molecule has 2 N–H and O–H groups in total. The van der Waals surface area contributed by atoms with Crippen LogP contribution in [0.15, 0.2) is 23.1 Å². The molecule has 1 unspecified atom stereocenters. The first kappa shape index (κ1) is 16.7. The summed E-state index contributed by atoms with van der Waals surface area (Å²) in [5.41, 5.74) is 1.25. The molecule has 0 heterocycles. The van der Waals surface area contributed by atoms with Crippen LogP contribution < -0.4 is 4.72 Å². The molecule has 4 nitrogen and oxygen atoms in total. The van der Waals surface area contributed by atoms with Gasteiger partial charge in [-0.2, -0.15) is 0 Å². The molecule has 1 aromatic carbocycles. The van der Waals surface area contributed by atoms with Gasteiger partial charge < -0.3 is 5.11 Å². The van der Waals surface area contributed by atoms with Crippen LogP contribution in [-0.4, -0.2) is 26.7 Å². The molecule has 110 valence electrons. The molecule has 0 fully saturated rings. The number of benzene rings is 1. The Labute approximate surface area is 121 Å². The summed E-state index contributed by atoms with van der Waals surface area (Å²) in [5, 5.41) is 8.68. The largest absolute Gasteiger partial charge is 0.384 e. The molecule has 0 aliphatic rings. The number of hydrogen-bond donors (Lipinski definition) is 2. The third kappa shape index (κ3) is 4.64. The minimum Gasteiger partial charge on any atom is -0.384 e. The highest BCUT2D eigenvalue weighted by Crippen LogP contribution is 2.17. The van der Waals surface area contributed by atoms with E-state index in [0.717, 1.165) is 6.42 Å². The van der Waals surface area contributed by atoms with Gasteiger partial charge in [-0.25, -0.2) is 13.1 Å². The quantitative estimate of drug-likeness (QED) is 0.812. The first-order valence-electron chi connectivity index (χ1n) is 6.60. The lowest BCUT2D eigenvalue weighted by atomic mass is 10.1. The van der Waals surface area contributed by atoms with E-state index in [0.29, 0.717) is 23.6 Å². The van der Waals surface area contributed by atoms with Crippen molar-refractivity contribution in [1.82, 2.24) is 4.72 Å². The highest BCUT2D eigenvalue weighted by molar-refractivity contribution is 7.89. The average molecular weight is 295 g/mol. The van der Waals surface area contributed by atoms with Gasteiger partial charge in [0.15, 0.2) is 0 Å². The van der Waals surface area contributed by atoms with E-state index in [1.807, 2.05) is 13.8 Å². The Balaban J connectivity index is 3.04. The molecule has 1 atom stereocenters. The molecule has 0 radical (unpaired) electrons. The van der Waals surface area contributed by atoms with E-state index in [-0.39, 0.29) is 11.5 Å². The van der Waals surface area contributed by atoms with Crippen molar-refractivity contribution in [2.75, 3.05) is 13.2 Å². The van der Waals surface area contributed by atoms with Gasteiger partial charge in [0.25, 0.3) is 0 Å². The van der Waals surface area contributed by atoms with Gasteiger partial charge >= 0.3 is 0 Å². The van der Waals surface area contributed by atoms with Crippen molar-refractivity contribution in [2.45, 2.75) is 32.1 Å². The number of hydrogen-bond acceptors (Lipinski definition) is 3. The molecule has 20 heavy (non-hydrogen) atoms. The maximum Gasteiger partial charge on any atom is 0.240 e. The van der Waals surface area contributed by atoms with Crippen LogP contribution in [0, 0.1) is 24.7 Å². The van der Waals surface area contributed by atoms with E-state index in [2.05, 4.69) is 16.6 Å². The van der Waals surface area contributed by atoms with Gasteiger partial charge in [-0.15, -0.1) is 0 Å². The summed E-state index contributed by atoms with van der Waals surface area (Å²) in [4.78, 5) is 0.241. The predicted molar refractivity (Wildman–Crippen MR) is 79.8 cm³/mol. The lowest BCUT2D eigenvalue weighted by Crippen LogP contribution is -2.28. The van der Waals surface area contributed by atoms with Gasteiger partial charge in [0.1, 0.15) is 6.61 Å². The zero-order valence-electron chi connectivity index (χ0n) is 12.1. The Bertz CT molecular complexity index is 612. The van der Waals surface area contributed by atoms with Crippen LogP contribution >= 0.6 is 0 Å². The van der Waals surface area contributed by atoms with Crippen LogP contribution in [0.4, 0.5) is 0 Å².